The summed E-state index contributed by atoms with van der Waals surface area (Å²) in [6.45, 7) is 4.14. The van der Waals surface area contributed by atoms with Crippen LogP contribution < -0.4 is 0 Å². The van der Waals surface area contributed by atoms with Crippen molar-refractivity contribution in [2.75, 3.05) is 0 Å². The standard InChI is InChI=1S/C8H11.3ClH.Sn/c1-7-5-3-4-6-8(7)2;;;;/h3-7H,1-2H3;3*1H;/q;;;;+3/p-3. The summed E-state index contributed by atoms with van der Waals surface area (Å²) in [7, 11) is 18.3. The molecule has 68 valence electrons. The zero-order valence-electron chi connectivity index (χ0n) is 7.02. The molecule has 0 amide bonds. The topological polar surface area (TPSA) is 0 Å². The number of halogens is 3. The first-order chi connectivity index (χ1) is 5.38. The minimum atomic E-state index is -3.39. The Morgan fingerprint density at radius 3 is 2.17 bits per heavy atom. The van der Waals surface area contributed by atoms with Crippen LogP contribution in [0.5, 0.6) is 0 Å². The van der Waals surface area contributed by atoms with Gasteiger partial charge >= 0.3 is 89.3 Å². The van der Waals surface area contributed by atoms with Gasteiger partial charge in [0, 0.05) is 0 Å². The van der Waals surface area contributed by atoms with Crippen LogP contribution in [0.15, 0.2) is 24.3 Å². The van der Waals surface area contributed by atoms with Gasteiger partial charge in [-0.3, -0.25) is 0 Å². The minimum absolute atomic E-state index is 0.186. The van der Waals surface area contributed by atoms with Gasteiger partial charge in [-0.15, -0.1) is 0 Å². The van der Waals surface area contributed by atoms with Crippen molar-refractivity contribution >= 4 is 41.8 Å². The molecule has 12 heavy (non-hydrogen) atoms. The molecule has 0 nitrogen and oxygen atoms in total. The van der Waals surface area contributed by atoms with E-state index in [1.54, 1.807) is 0 Å². The zero-order valence-corrected chi connectivity index (χ0v) is 12.1. The predicted octanol–water partition coefficient (Wildman–Crippen LogP) is 4.16. The Labute approximate surface area is 88.6 Å². The van der Waals surface area contributed by atoms with Crippen LogP contribution in [0.4, 0.5) is 0 Å². The first-order valence-corrected chi connectivity index (χ1v) is 16.1. The molecule has 4 heteroatoms. The maximum absolute atomic E-state index is 6.10. The third-order valence-electron chi connectivity index (χ3n) is 2.51. The van der Waals surface area contributed by atoms with Crippen LogP contribution in [-0.4, -0.2) is 15.0 Å². The van der Waals surface area contributed by atoms with E-state index in [4.69, 9.17) is 26.8 Å². The predicted molar refractivity (Wildman–Crippen MR) is 59.1 cm³/mol. The number of hydrogen-bond acceptors (Lipinski definition) is 0. The summed E-state index contributed by atoms with van der Waals surface area (Å²) in [4.78, 5) is 0. The first kappa shape index (κ1) is 11.2. The van der Waals surface area contributed by atoms with Crippen molar-refractivity contribution < 1.29 is 0 Å². The van der Waals surface area contributed by atoms with E-state index in [1.165, 1.54) is 0 Å². The molecule has 1 aliphatic carbocycles. The molecule has 0 N–H and O–H groups in total. The summed E-state index contributed by atoms with van der Waals surface area (Å²) in [6, 6.07) is 0. The van der Waals surface area contributed by atoms with Gasteiger partial charge in [-0.2, -0.15) is 0 Å². The molecule has 0 radical (unpaired) electrons. The number of rotatable bonds is 1. The summed E-state index contributed by atoms with van der Waals surface area (Å²) in [6.07, 6.45) is 8.12. The molecular formula is C8H11Cl3Sn. The van der Waals surface area contributed by atoms with Gasteiger partial charge in [0.1, 0.15) is 0 Å². The fourth-order valence-corrected chi connectivity index (χ4v) is 8.48. The molecule has 2 atom stereocenters. The average molecular weight is 332 g/mol. The van der Waals surface area contributed by atoms with Crippen molar-refractivity contribution in [3.63, 3.8) is 0 Å². The maximum atomic E-state index is 6.10. The second-order valence-electron chi connectivity index (χ2n) is 3.31. The molecule has 0 aromatic rings. The van der Waals surface area contributed by atoms with Crippen LogP contribution in [0.25, 0.3) is 0 Å². The zero-order chi connectivity index (χ0) is 9.41. The van der Waals surface area contributed by atoms with Crippen LogP contribution in [0.1, 0.15) is 13.8 Å². The van der Waals surface area contributed by atoms with Gasteiger partial charge in [0.2, 0.25) is 0 Å². The quantitative estimate of drug-likeness (QED) is 0.633. The first-order valence-electron chi connectivity index (χ1n) is 3.80. The van der Waals surface area contributed by atoms with Gasteiger partial charge in [0.25, 0.3) is 0 Å². The summed E-state index contributed by atoms with van der Waals surface area (Å²) in [5.74, 6) is 0.339. The Kier molecular flexibility index (Phi) is 3.48. The van der Waals surface area contributed by atoms with Crippen molar-refractivity contribution in [2.45, 2.75) is 17.3 Å². The summed E-state index contributed by atoms with van der Waals surface area (Å²) >= 11 is -3.39. The third-order valence-corrected chi connectivity index (χ3v) is 16.0. The van der Waals surface area contributed by atoms with Gasteiger partial charge in [0.15, 0.2) is 0 Å². The molecule has 0 heterocycles. The summed E-state index contributed by atoms with van der Waals surface area (Å²) in [5, 5.41) is 0. The molecule has 0 aromatic carbocycles. The van der Waals surface area contributed by atoms with E-state index in [-0.39, 0.29) is 3.43 Å². The molecule has 0 saturated heterocycles. The summed E-state index contributed by atoms with van der Waals surface area (Å²) in [5.41, 5.74) is 0. The molecule has 0 aromatic heterocycles. The van der Waals surface area contributed by atoms with E-state index < -0.39 is 15.0 Å². The number of allylic oxidation sites excluding steroid dienone is 4. The van der Waals surface area contributed by atoms with Crippen LogP contribution in [0.2, 0.25) is 3.43 Å². The van der Waals surface area contributed by atoms with Gasteiger partial charge in [-0.1, -0.05) is 0 Å². The van der Waals surface area contributed by atoms with E-state index in [0.29, 0.717) is 5.92 Å². The van der Waals surface area contributed by atoms with E-state index in [2.05, 4.69) is 13.0 Å². The van der Waals surface area contributed by atoms with E-state index in [0.717, 1.165) is 0 Å². The second-order valence-corrected chi connectivity index (χ2v) is 24.5. The molecule has 2 unspecified atom stereocenters. The Morgan fingerprint density at radius 1 is 1.25 bits per heavy atom. The van der Waals surface area contributed by atoms with Crippen LogP contribution in [0.3, 0.4) is 0 Å². The normalized spacial score (nSPS) is 35.6. The van der Waals surface area contributed by atoms with Crippen molar-refractivity contribution in [1.29, 1.82) is 0 Å². The van der Waals surface area contributed by atoms with E-state index in [9.17, 15) is 0 Å². The molecule has 1 rings (SSSR count). The molecule has 1 aliphatic rings. The van der Waals surface area contributed by atoms with Crippen LogP contribution in [0, 0.1) is 5.92 Å². The van der Waals surface area contributed by atoms with Gasteiger partial charge in [0.05, 0.1) is 0 Å². The monoisotopic (exact) mass is 332 g/mol. The Balaban J connectivity index is 2.99. The fraction of sp³-hybridized carbons (Fsp3) is 0.500. The Bertz CT molecular complexity index is 229. The fourth-order valence-electron chi connectivity index (χ4n) is 1.19. The van der Waals surface area contributed by atoms with Gasteiger partial charge in [-0.25, -0.2) is 0 Å². The molecule has 0 saturated carbocycles. The Hall–Kier alpha value is 1.15. The SMILES string of the molecule is CC1C=CC=C[C]1(C)[Sn]([Cl])([Cl])[Cl]. The van der Waals surface area contributed by atoms with Crippen molar-refractivity contribution in [3.05, 3.63) is 24.3 Å². The third kappa shape index (κ3) is 1.97. The molecule has 0 aliphatic heterocycles. The molecule has 0 spiro atoms. The van der Waals surface area contributed by atoms with Crippen molar-refractivity contribution in [3.8, 4) is 0 Å². The van der Waals surface area contributed by atoms with Gasteiger partial charge in [-0.05, 0) is 0 Å². The van der Waals surface area contributed by atoms with E-state index >= 15 is 0 Å². The van der Waals surface area contributed by atoms with Gasteiger partial charge < -0.3 is 0 Å². The molecule has 0 bridgehead atoms. The molecular weight excluding hydrogens is 321 g/mol. The second kappa shape index (κ2) is 3.72. The number of hydrogen-bond donors (Lipinski definition) is 0. The van der Waals surface area contributed by atoms with Crippen LogP contribution in [-0.2, 0) is 0 Å². The molecule has 0 fully saturated rings. The van der Waals surface area contributed by atoms with E-state index in [1.807, 2.05) is 25.2 Å². The average Bonchev–Trinajstić information content (AvgIpc) is 1.93. The van der Waals surface area contributed by atoms with Crippen LogP contribution >= 0.6 is 26.8 Å². The summed E-state index contributed by atoms with van der Waals surface area (Å²) < 4.78 is -0.186. The Morgan fingerprint density at radius 2 is 1.83 bits per heavy atom. The van der Waals surface area contributed by atoms with Crippen molar-refractivity contribution in [1.82, 2.24) is 0 Å². The van der Waals surface area contributed by atoms with Crippen molar-refractivity contribution in [2.24, 2.45) is 5.92 Å².